The van der Waals surface area contributed by atoms with E-state index >= 15 is 0 Å². The van der Waals surface area contributed by atoms with Crippen molar-refractivity contribution in [2.24, 2.45) is 5.84 Å². The van der Waals surface area contributed by atoms with E-state index in [9.17, 15) is 12.8 Å². The molecule has 2 rings (SSSR count). The largest absolute Gasteiger partial charge is 0.308 e. The number of hydrogen-bond donors (Lipinski definition) is 3. The zero-order valence-electron chi connectivity index (χ0n) is 9.67. The molecule has 0 fully saturated rings. The number of nitrogens with one attached hydrogen (secondary N) is 2. The normalized spacial score (nSPS) is 11.1. The summed E-state index contributed by atoms with van der Waals surface area (Å²) in [7, 11) is -3.80. The lowest BCUT2D eigenvalue weighted by Gasteiger charge is -2.08. The van der Waals surface area contributed by atoms with E-state index in [-0.39, 0.29) is 10.6 Å². The Hall–Kier alpha value is -2.19. The van der Waals surface area contributed by atoms with Gasteiger partial charge in [0.05, 0.1) is 5.69 Å². The number of halogens is 1. The number of anilines is 2. The highest BCUT2D eigenvalue weighted by atomic mass is 32.2. The smallest absolute Gasteiger partial charge is 0.263 e. The van der Waals surface area contributed by atoms with Gasteiger partial charge in [-0.25, -0.2) is 23.6 Å². The van der Waals surface area contributed by atoms with E-state index in [1.165, 1.54) is 30.3 Å². The van der Waals surface area contributed by atoms with Crippen LogP contribution in [0.3, 0.4) is 0 Å². The first-order chi connectivity index (χ1) is 9.01. The van der Waals surface area contributed by atoms with Gasteiger partial charge in [-0.05, 0) is 30.3 Å². The van der Waals surface area contributed by atoms with E-state index in [0.29, 0.717) is 5.82 Å². The van der Waals surface area contributed by atoms with Crippen molar-refractivity contribution in [1.29, 1.82) is 0 Å². The minimum atomic E-state index is -3.80. The second-order valence-corrected chi connectivity index (χ2v) is 5.32. The molecule has 2 aromatic rings. The third-order valence-corrected chi connectivity index (χ3v) is 3.64. The average Bonchev–Trinajstić information content (AvgIpc) is 2.38. The fourth-order valence-electron chi connectivity index (χ4n) is 1.39. The zero-order valence-corrected chi connectivity index (χ0v) is 10.5. The number of nitrogens with two attached hydrogens (primary N) is 1. The van der Waals surface area contributed by atoms with Gasteiger partial charge in [0.2, 0.25) is 0 Å². The SMILES string of the molecule is NNc1ccc(S(=O)(=O)Nc2cccc(F)c2)cn1. The maximum atomic E-state index is 13.0. The molecule has 0 bridgehead atoms. The minimum Gasteiger partial charge on any atom is -0.308 e. The predicted octanol–water partition coefficient (Wildman–Crippen LogP) is 1.31. The summed E-state index contributed by atoms with van der Waals surface area (Å²) in [5.41, 5.74) is 2.43. The Morgan fingerprint density at radius 1 is 1.21 bits per heavy atom. The number of nitrogen functional groups attached to an aromatic ring is 1. The Bertz CT molecular complexity index is 673. The average molecular weight is 282 g/mol. The summed E-state index contributed by atoms with van der Waals surface area (Å²) in [6.07, 6.45) is 1.15. The number of rotatable bonds is 4. The van der Waals surface area contributed by atoms with Gasteiger partial charge in [-0.3, -0.25) is 4.72 Å². The van der Waals surface area contributed by atoms with Gasteiger partial charge in [-0.15, -0.1) is 0 Å². The first-order valence-corrected chi connectivity index (χ1v) is 6.70. The van der Waals surface area contributed by atoms with Crippen LogP contribution < -0.4 is 16.0 Å². The molecule has 19 heavy (non-hydrogen) atoms. The third-order valence-electron chi connectivity index (χ3n) is 2.27. The highest BCUT2D eigenvalue weighted by Gasteiger charge is 2.14. The molecule has 0 atom stereocenters. The Morgan fingerprint density at radius 3 is 2.58 bits per heavy atom. The molecule has 0 aliphatic heterocycles. The minimum absolute atomic E-state index is 0.0456. The molecular weight excluding hydrogens is 271 g/mol. The molecule has 0 saturated heterocycles. The van der Waals surface area contributed by atoms with Gasteiger partial charge in [0, 0.05) is 6.20 Å². The Labute approximate surface area is 109 Å². The molecule has 0 aliphatic carbocycles. The molecule has 0 saturated carbocycles. The van der Waals surface area contributed by atoms with Crippen molar-refractivity contribution in [2.45, 2.75) is 4.90 Å². The molecule has 0 spiro atoms. The fourth-order valence-corrected chi connectivity index (χ4v) is 2.38. The summed E-state index contributed by atoms with van der Waals surface area (Å²) in [5, 5.41) is 0. The maximum absolute atomic E-state index is 13.0. The molecule has 6 nitrogen and oxygen atoms in total. The number of benzene rings is 1. The first-order valence-electron chi connectivity index (χ1n) is 5.22. The van der Waals surface area contributed by atoms with Gasteiger partial charge in [0.1, 0.15) is 16.5 Å². The van der Waals surface area contributed by atoms with E-state index in [4.69, 9.17) is 5.84 Å². The summed E-state index contributed by atoms with van der Waals surface area (Å²) in [6, 6.07) is 7.92. The van der Waals surface area contributed by atoms with E-state index < -0.39 is 15.8 Å². The van der Waals surface area contributed by atoms with Crippen molar-refractivity contribution in [3.63, 3.8) is 0 Å². The molecule has 1 aromatic carbocycles. The summed E-state index contributed by atoms with van der Waals surface area (Å²) < 4.78 is 39.2. The van der Waals surface area contributed by atoms with Gasteiger partial charge in [-0.2, -0.15) is 0 Å². The Kier molecular flexibility index (Phi) is 3.63. The molecule has 8 heteroatoms. The number of sulfonamides is 1. The second kappa shape index (κ2) is 5.21. The molecule has 0 unspecified atom stereocenters. The molecule has 0 amide bonds. The van der Waals surface area contributed by atoms with E-state index in [1.807, 2.05) is 0 Å². The zero-order chi connectivity index (χ0) is 13.9. The lowest BCUT2D eigenvalue weighted by Crippen LogP contribution is -2.14. The maximum Gasteiger partial charge on any atom is 0.263 e. The van der Waals surface area contributed by atoms with Gasteiger partial charge >= 0.3 is 0 Å². The second-order valence-electron chi connectivity index (χ2n) is 3.64. The first kappa shape index (κ1) is 13.2. The van der Waals surface area contributed by atoms with Gasteiger partial charge in [-0.1, -0.05) is 6.07 Å². The quantitative estimate of drug-likeness (QED) is 0.580. The number of nitrogens with zero attached hydrogens (tertiary/aromatic N) is 1. The summed E-state index contributed by atoms with van der Waals surface area (Å²) in [5.74, 6) is 4.94. The van der Waals surface area contributed by atoms with E-state index in [1.54, 1.807) is 0 Å². The summed E-state index contributed by atoms with van der Waals surface area (Å²) in [4.78, 5) is 3.75. The van der Waals surface area contributed by atoms with Crippen LogP contribution >= 0.6 is 0 Å². The summed E-state index contributed by atoms with van der Waals surface area (Å²) >= 11 is 0. The molecule has 4 N–H and O–H groups in total. The van der Waals surface area contributed by atoms with Crippen molar-refractivity contribution in [3.8, 4) is 0 Å². The lowest BCUT2D eigenvalue weighted by atomic mass is 10.3. The Morgan fingerprint density at radius 2 is 2.00 bits per heavy atom. The van der Waals surface area contributed by atoms with Crippen LogP contribution in [0.25, 0.3) is 0 Å². The number of hydrazine groups is 1. The summed E-state index contributed by atoms with van der Waals surface area (Å²) in [6.45, 7) is 0. The van der Waals surface area contributed by atoms with Crippen LogP contribution in [0.5, 0.6) is 0 Å². The molecule has 1 heterocycles. The van der Waals surface area contributed by atoms with Crippen molar-refractivity contribution in [3.05, 3.63) is 48.4 Å². The van der Waals surface area contributed by atoms with Gasteiger partial charge in [0.25, 0.3) is 10.0 Å². The highest BCUT2D eigenvalue weighted by molar-refractivity contribution is 7.92. The van der Waals surface area contributed by atoms with E-state index in [2.05, 4.69) is 15.1 Å². The van der Waals surface area contributed by atoms with Crippen molar-refractivity contribution < 1.29 is 12.8 Å². The topological polar surface area (TPSA) is 97.1 Å². The predicted molar refractivity (Wildman–Crippen MR) is 69.3 cm³/mol. The lowest BCUT2D eigenvalue weighted by molar-refractivity contribution is 0.600. The van der Waals surface area contributed by atoms with E-state index in [0.717, 1.165) is 12.3 Å². The van der Waals surface area contributed by atoms with Gasteiger partial charge < -0.3 is 5.43 Å². The number of hydrogen-bond acceptors (Lipinski definition) is 5. The van der Waals surface area contributed by atoms with Crippen LogP contribution in [0.15, 0.2) is 47.5 Å². The monoisotopic (exact) mass is 282 g/mol. The van der Waals surface area contributed by atoms with Crippen LogP contribution in [-0.2, 0) is 10.0 Å². The molecule has 0 aliphatic rings. The molecular formula is C11H11FN4O2S. The highest BCUT2D eigenvalue weighted by Crippen LogP contribution is 2.16. The van der Waals surface area contributed by atoms with Crippen LogP contribution in [0.2, 0.25) is 0 Å². The van der Waals surface area contributed by atoms with Gasteiger partial charge in [0.15, 0.2) is 0 Å². The fraction of sp³-hybridized carbons (Fsp3) is 0. The van der Waals surface area contributed by atoms with Crippen molar-refractivity contribution in [2.75, 3.05) is 10.1 Å². The number of pyridine rings is 1. The molecule has 0 radical (unpaired) electrons. The molecule has 1 aromatic heterocycles. The Balaban J connectivity index is 2.27. The van der Waals surface area contributed by atoms with Crippen LogP contribution in [0.1, 0.15) is 0 Å². The van der Waals surface area contributed by atoms with Crippen LogP contribution in [-0.4, -0.2) is 13.4 Å². The standard InChI is InChI=1S/C11H11FN4O2S/c12-8-2-1-3-9(6-8)16-19(17,18)10-4-5-11(15-13)14-7-10/h1-7,16H,13H2,(H,14,15). The number of aromatic nitrogens is 1. The van der Waals surface area contributed by atoms with Crippen molar-refractivity contribution >= 4 is 21.5 Å². The third kappa shape index (κ3) is 3.18. The molecule has 100 valence electrons. The van der Waals surface area contributed by atoms with Crippen LogP contribution in [0, 0.1) is 5.82 Å². The van der Waals surface area contributed by atoms with Crippen molar-refractivity contribution in [1.82, 2.24) is 4.98 Å². The van der Waals surface area contributed by atoms with Crippen LogP contribution in [0.4, 0.5) is 15.9 Å².